The Kier molecular flexibility index (Phi) is 8.61. The number of piperazine rings is 1. The zero-order valence-corrected chi connectivity index (χ0v) is 21.6. The van der Waals surface area contributed by atoms with Crippen LogP contribution in [0.15, 0.2) is 29.3 Å². The van der Waals surface area contributed by atoms with E-state index in [0.717, 1.165) is 66.7 Å². The first kappa shape index (κ1) is 24.2. The number of aryl methyl sites for hydroxylation is 1. The highest BCUT2D eigenvalue weighted by Gasteiger charge is 2.22. The molecule has 172 valence electrons. The van der Waals surface area contributed by atoms with Crippen molar-refractivity contribution in [2.45, 2.75) is 19.9 Å². The summed E-state index contributed by atoms with van der Waals surface area (Å²) < 4.78 is 9.59. The Morgan fingerprint density at radius 3 is 2.56 bits per heavy atom. The monoisotopic (exact) mass is 569 g/mol. The summed E-state index contributed by atoms with van der Waals surface area (Å²) in [7, 11) is 3.45. The van der Waals surface area contributed by atoms with Crippen molar-refractivity contribution < 1.29 is 4.74 Å². The number of aromatic amines is 1. The Morgan fingerprint density at radius 1 is 1.19 bits per heavy atom. The summed E-state index contributed by atoms with van der Waals surface area (Å²) in [6.07, 6.45) is 0.870. The molecule has 32 heavy (non-hydrogen) atoms. The van der Waals surface area contributed by atoms with Crippen molar-refractivity contribution in [1.29, 1.82) is 0 Å². The van der Waals surface area contributed by atoms with Gasteiger partial charge in [-0.25, -0.2) is 9.97 Å². The van der Waals surface area contributed by atoms with Crippen molar-refractivity contribution >= 4 is 46.6 Å². The van der Waals surface area contributed by atoms with Gasteiger partial charge in [-0.3, -0.25) is 10.1 Å². The highest BCUT2D eigenvalue weighted by Crippen LogP contribution is 2.20. The number of H-pyrrole nitrogens is 1. The second kappa shape index (κ2) is 11.4. The summed E-state index contributed by atoms with van der Waals surface area (Å²) in [5.74, 6) is 4.00. The number of methoxy groups -OCH3 is 1. The number of aromatic nitrogens is 5. The predicted molar refractivity (Wildman–Crippen MR) is 137 cm³/mol. The predicted octanol–water partition coefficient (Wildman–Crippen LogP) is 2.41. The second-order valence-electron chi connectivity index (χ2n) is 7.06. The molecule has 3 aromatic rings. The van der Waals surface area contributed by atoms with Gasteiger partial charge in [-0.05, 0) is 24.3 Å². The molecule has 0 radical (unpaired) electrons. The number of anilines is 1. The lowest BCUT2D eigenvalue weighted by Gasteiger charge is -2.36. The number of rotatable bonds is 6. The molecule has 10 nitrogen and oxygen atoms in total. The van der Waals surface area contributed by atoms with Gasteiger partial charge in [0.1, 0.15) is 17.4 Å². The number of aliphatic imine (C=N–C) groups is 1. The van der Waals surface area contributed by atoms with E-state index < -0.39 is 0 Å². The minimum atomic E-state index is 0. The first-order valence-corrected chi connectivity index (χ1v) is 11.1. The minimum Gasteiger partial charge on any atom is -0.497 e. The van der Waals surface area contributed by atoms with Crippen molar-refractivity contribution in [2.24, 2.45) is 4.99 Å². The Bertz CT molecular complexity index is 1010. The molecule has 0 atom stereocenters. The third-order valence-corrected chi connectivity index (χ3v) is 5.94. The first-order valence-electron chi connectivity index (χ1n) is 10.3. The van der Waals surface area contributed by atoms with Crippen molar-refractivity contribution in [2.75, 3.05) is 45.2 Å². The number of hydrogen-bond donors (Lipinski definition) is 2. The molecule has 1 aromatic carbocycles. The molecule has 0 saturated carbocycles. The van der Waals surface area contributed by atoms with Crippen LogP contribution in [0.1, 0.15) is 18.6 Å². The van der Waals surface area contributed by atoms with Crippen molar-refractivity contribution in [1.82, 2.24) is 34.8 Å². The van der Waals surface area contributed by atoms with E-state index in [2.05, 4.69) is 51.6 Å². The zero-order valence-electron chi connectivity index (χ0n) is 18.4. The van der Waals surface area contributed by atoms with Crippen LogP contribution in [0.4, 0.5) is 5.13 Å². The number of nitrogens with one attached hydrogen (secondary N) is 2. The standard InChI is InChI=1S/C20H27N9OS.HI/c1-4-16-24-20(31-27-16)29-11-9-28(10-12-29)19(21-2)22-13-17-23-18(26-25-17)14-5-7-15(30-3)8-6-14;/h5-8H,4,9-13H2,1-3H3,(H,21,22)(H,23,25,26);1H. The lowest BCUT2D eigenvalue weighted by molar-refractivity contribution is 0.372. The zero-order chi connectivity index (χ0) is 21.6. The molecule has 0 amide bonds. The highest BCUT2D eigenvalue weighted by molar-refractivity contribution is 14.0. The number of benzene rings is 1. The fourth-order valence-corrected chi connectivity index (χ4v) is 4.17. The number of nitrogens with zero attached hydrogens (tertiary/aromatic N) is 7. The summed E-state index contributed by atoms with van der Waals surface area (Å²) in [4.78, 5) is 18.2. The van der Waals surface area contributed by atoms with Gasteiger partial charge in [-0.2, -0.15) is 9.47 Å². The van der Waals surface area contributed by atoms with E-state index in [9.17, 15) is 0 Å². The van der Waals surface area contributed by atoms with Gasteiger partial charge in [0.25, 0.3) is 0 Å². The normalized spacial score (nSPS) is 14.3. The van der Waals surface area contributed by atoms with Crippen LogP contribution in [0.5, 0.6) is 5.75 Å². The maximum Gasteiger partial charge on any atom is 0.205 e. The molecular formula is C20H28IN9OS. The average Bonchev–Trinajstić information content (AvgIpc) is 3.50. The van der Waals surface area contributed by atoms with Gasteiger partial charge in [-0.1, -0.05) is 6.92 Å². The summed E-state index contributed by atoms with van der Waals surface area (Å²) in [6.45, 7) is 6.12. The van der Waals surface area contributed by atoms with E-state index in [1.165, 1.54) is 11.5 Å². The van der Waals surface area contributed by atoms with Gasteiger partial charge in [0, 0.05) is 56.7 Å². The van der Waals surface area contributed by atoms with Gasteiger partial charge in [-0.15, -0.1) is 24.0 Å². The summed E-state index contributed by atoms with van der Waals surface area (Å²) in [5.41, 5.74) is 0.937. The maximum atomic E-state index is 5.20. The summed E-state index contributed by atoms with van der Waals surface area (Å²) in [5, 5.41) is 11.7. The van der Waals surface area contributed by atoms with Crippen LogP contribution in [0.25, 0.3) is 11.4 Å². The number of hydrogen-bond acceptors (Lipinski definition) is 8. The second-order valence-corrected chi connectivity index (χ2v) is 7.79. The molecule has 1 aliphatic heterocycles. The van der Waals surface area contributed by atoms with Crippen LogP contribution >= 0.6 is 35.5 Å². The molecule has 0 bridgehead atoms. The average molecular weight is 569 g/mol. The number of guanidine groups is 1. The van der Waals surface area contributed by atoms with E-state index >= 15 is 0 Å². The highest BCUT2D eigenvalue weighted by atomic mass is 127. The van der Waals surface area contributed by atoms with Crippen LogP contribution < -0.4 is 15.0 Å². The molecule has 1 aliphatic rings. The lowest BCUT2D eigenvalue weighted by Crippen LogP contribution is -2.52. The van der Waals surface area contributed by atoms with Crippen LogP contribution in [-0.4, -0.2) is 75.7 Å². The van der Waals surface area contributed by atoms with Crippen LogP contribution in [-0.2, 0) is 13.0 Å². The van der Waals surface area contributed by atoms with E-state index in [1.54, 1.807) is 14.2 Å². The van der Waals surface area contributed by atoms with Gasteiger partial charge in [0.2, 0.25) is 5.13 Å². The van der Waals surface area contributed by atoms with Crippen molar-refractivity contribution in [3.05, 3.63) is 35.9 Å². The molecule has 2 aromatic heterocycles. The van der Waals surface area contributed by atoms with Gasteiger partial charge in [0.05, 0.1) is 13.7 Å². The van der Waals surface area contributed by atoms with Crippen LogP contribution in [0, 0.1) is 0 Å². The first-order chi connectivity index (χ1) is 15.2. The summed E-state index contributed by atoms with van der Waals surface area (Å²) in [6, 6.07) is 7.68. The third kappa shape index (κ3) is 5.65. The largest absolute Gasteiger partial charge is 0.497 e. The molecule has 12 heteroatoms. The molecule has 3 heterocycles. The fourth-order valence-electron chi connectivity index (χ4n) is 3.36. The van der Waals surface area contributed by atoms with E-state index in [4.69, 9.17) is 4.74 Å². The molecule has 0 unspecified atom stereocenters. The topological polar surface area (TPSA) is 107 Å². The summed E-state index contributed by atoms with van der Waals surface area (Å²) >= 11 is 1.48. The van der Waals surface area contributed by atoms with Crippen LogP contribution in [0.3, 0.4) is 0 Å². The quantitative estimate of drug-likeness (QED) is 0.265. The Balaban J connectivity index is 0.00000289. The maximum absolute atomic E-state index is 5.20. The van der Waals surface area contributed by atoms with Crippen molar-refractivity contribution in [3.8, 4) is 17.1 Å². The number of ether oxygens (including phenoxy) is 1. The Labute approximate surface area is 208 Å². The van der Waals surface area contributed by atoms with Gasteiger partial charge in [0.15, 0.2) is 11.8 Å². The van der Waals surface area contributed by atoms with Crippen LogP contribution in [0.2, 0.25) is 0 Å². The molecule has 0 spiro atoms. The van der Waals surface area contributed by atoms with E-state index in [-0.39, 0.29) is 24.0 Å². The van der Waals surface area contributed by atoms with Gasteiger partial charge >= 0.3 is 0 Å². The molecule has 0 aliphatic carbocycles. The molecular weight excluding hydrogens is 541 g/mol. The van der Waals surface area contributed by atoms with E-state index in [1.807, 2.05) is 24.3 Å². The molecule has 1 fully saturated rings. The smallest absolute Gasteiger partial charge is 0.205 e. The third-order valence-electron chi connectivity index (χ3n) is 5.13. The Hall–Kier alpha value is -2.48. The Morgan fingerprint density at radius 2 is 1.94 bits per heavy atom. The van der Waals surface area contributed by atoms with E-state index in [0.29, 0.717) is 12.4 Å². The van der Waals surface area contributed by atoms with Crippen molar-refractivity contribution in [3.63, 3.8) is 0 Å². The molecule has 2 N–H and O–H groups in total. The SMILES string of the molecule is CCc1nsc(N2CCN(C(=NC)NCc3nc(-c4ccc(OC)cc4)n[nH]3)CC2)n1.I. The molecule has 4 rings (SSSR count). The fraction of sp³-hybridized carbons (Fsp3) is 0.450. The molecule has 1 saturated heterocycles. The lowest BCUT2D eigenvalue weighted by atomic mass is 10.2. The minimum absolute atomic E-state index is 0. The van der Waals surface area contributed by atoms with Gasteiger partial charge < -0.3 is 19.9 Å². The number of halogens is 1.